The lowest BCUT2D eigenvalue weighted by Gasteiger charge is -2.13. The molecule has 2 aromatic heterocycles. The van der Waals surface area contributed by atoms with Crippen molar-refractivity contribution >= 4 is 0 Å². The van der Waals surface area contributed by atoms with Crippen LogP contribution in [0.25, 0.3) is 33.9 Å². The van der Waals surface area contributed by atoms with E-state index >= 15 is 0 Å². The molecule has 4 aromatic rings. The lowest BCUT2D eigenvalue weighted by molar-refractivity contribution is -0.143. The molecule has 3 nitrogen and oxygen atoms in total. The number of nitrogens with zero attached hydrogens (tertiary/aromatic N) is 2. The van der Waals surface area contributed by atoms with Gasteiger partial charge in [-0.1, -0.05) is 0 Å². The maximum atomic E-state index is 13.4. The third-order valence-corrected chi connectivity index (χ3v) is 4.65. The van der Waals surface area contributed by atoms with Crippen molar-refractivity contribution in [3.63, 3.8) is 0 Å². The summed E-state index contributed by atoms with van der Waals surface area (Å²) in [5.41, 5.74) is -1.77. The minimum Gasteiger partial charge on any atom is -0.337 e. The molecule has 164 valence electrons. The van der Waals surface area contributed by atoms with Crippen molar-refractivity contribution in [2.75, 3.05) is 0 Å². The molecule has 0 fully saturated rings. The maximum Gasteiger partial charge on any atom is 0.416 e. The van der Waals surface area contributed by atoms with Gasteiger partial charge in [0, 0.05) is 29.1 Å². The number of hydrogen-bond acceptors (Lipinski definition) is 2. The van der Waals surface area contributed by atoms with Gasteiger partial charge in [-0.15, -0.1) is 0 Å². The number of imidazole rings is 1. The van der Waals surface area contributed by atoms with Crippen LogP contribution >= 0.6 is 0 Å². The second-order valence-electron chi connectivity index (χ2n) is 6.85. The maximum absolute atomic E-state index is 13.4. The predicted octanol–water partition coefficient (Wildman–Crippen LogP) is 6.98. The van der Waals surface area contributed by atoms with Crippen LogP contribution < -0.4 is 0 Å². The summed E-state index contributed by atoms with van der Waals surface area (Å²) >= 11 is 0. The molecule has 0 saturated carbocycles. The molecule has 32 heavy (non-hydrogen) atoms. The van der Waals surface area contributed by atoms with E-state index in [1.54, 1.807) is 12.1 Å². The van der Waals surface area contributed by atoms with Gasteiger partial charge in [0.05, 0.1) is 22.5 Å². The molecule has 0 bridgehead atoms. The zero-order valence-electron chi connectivity index (χ0n) is 15.9. The van der Waals surface area contributed by atoms with E-state index in [1.807, 2.05) is 0 Å². The topological polar surface area (TPSA) is 41.6 Å². The Morgan fingerprint density at radius 2 is 1.22 bits per heavy atom. The number of aromatic nitrogens is 3. The Morgan fingerprint density at radius 3 is 1.75 bits per heavy atom. The molecule has 0 spiro atoms. The van der Waals surface area contributed by atoms with Gasteiger partial charge in [-0.3, -0.25) is 4.98 Å². The number of hydrogen-bond donors (Lipinski definition) is 1. The van der Waals surface area contributed by atoms with Crippen molar-refractivity contribution in [2.24, 2.45) is 0 Å². The van der Waals surface area contributed by atoms with Gasteiger partial charge in [0.1, 0.15) is 11.6 Å². The number of nitrogens with one attached hydrogen (secondary N) is 1. The smallest absolute Gasteiger partial charge is 0.337 e. The standard InChI is InChI=1S/C22H12F7N3/c23-17-3-1-12(2-4-17)18-19(13-5-7-30-8-6-13)32-20(31-18)14-9-15(21(24,25)26)11-16(10-14)22(27,28)29/h1-11H,(H,31,32). The molecule has 0 amide bonds. The van der Waals surface area contributed by atoms with Crippen molar-refractivity contribution in [2.45, 2.75) is 12.4 Å². The van der Waals surface area contributed by atoms with Crippen LogP contribution in [0, 0.1) is 5.82 Å². The van der Waals surface area contributed by atoms with E-state index in [4.69, 9.17) is 0 Å². The Balaban J connectivity index is 1.94. The Hall–Kier alpha value is -3.69. The van der Waals surface area contributed by atoms with Gasteiger partial charge >= 0.3 is 12.4 Å². The van der Waals surface area contributed by atoms with E-state index < -0.39 is 34.9 Å². The average molecular weight is 451 g/mol. The van der Waals surface area contributed by atoms with E-state index in [2.05, 4.69) is 15.0 Å². The van der Waals surface area contributed by atoms with Crippen LogP contribution in [0.2, 0.25) is 0 Å². The zero-order valence-corrected chi connectivity index (χ0v) is 15.9. The number of benzene rings is 2. The fraction of sp³-hybridized carbons (Fsp3) is 0.0909. The van der Waals surface area contributed by atoms with E-state index in [0.717, 1.165) is 0 Å². The number of aromatic amines is 1. The molecule has 0 aliphatic heterocycles. The summed E-state index contributed by atoms with van der Waals surface area (Å²) in [6.45, 7) is 0. The third kappa shape index (κ3) is 4.34. The van der Waals surface area contributed by atoms with Crippen molar-refractivity contribution < 1.29 is 30.7 Å². The minimum absolute atomic E-state index is 0.0527. The highest BCUT2D eigenvalue weighted by Crippen LogP contribution is 2.39. The Bertz CT molecular complexity index is 1210. The molecule has 2 aromatic carbocycles. The van der Waals surface area contributed by atoms with Gasteiger partial charge in [0.25, 0.3) is 0 Å². The highest BCUT2D eigenvalue weighted by atomic mass is 19.4. The zero-order chi connectivity index (χ0) is 23.1. The molecule has 0 atom stereocenters. The van der Waals surface area contributed by atoms with E-state index in [-0.39, 0.29) is 17.6 Å². The first-order chi connectivity index (χ1) is 15.0. The number of pyridine rings is 1. The molecule has 0 aliphatic rings. The van der Waals surface area contributed by atoms with Crippen LogP contribution in [0.3, 0.4) is 0 Å². The summed E-state index contributed by atoms with van der Waals surface area (Å²) in [6.07, 6.45) is -7.04. The Morgan fingerprint density at radius 1 is 0.656 bits per heavy atom. The van der Waals surface area contributed by atoms with Crippen LogP contribution in [0.4, 0.5) is 30.7 Å². The Kier molecular flexibility index (Phi) is 5.23. The van der Waals surface area contributed by atoms with Crippen molar-refractivity contribution in [1.29, 1.82) is 0 Å². The largest absolute Gasteiger partial charge is 0.416 e. The summed E-state index contributed by atoms with van der Waals surface area (Å²) < 4.78 is 92.9. The van der Waals surface area contributed by atoms with Crippen molar-refractivity contribution in [1.82, 2.24) is 15.0 Å². The second-order valence-corrected chi connectivity index (χ2v) is 6.85. The summed E-state index contributed by atoms with van der Waals surface area (Å²) in [7, 11) is 0. The Labute approximate surface area is 176 Å². The minimum atomic E-state index is -4.99. The second kappa shape index (κ2) is 7.77. The number of H-pyrrole nitrogens is 1. The monoisotopic (exact) mass is 451 g/mol. The summed E-state index contributed by atoms with van der Waals surface area (Å²) in [6, 6.07) is 9.60. The lowest BCUT2D eigenvalue weighted by Crippen LogP contribution is -2.11. The lowest BCUT2D eigenvalue weighted by atomic mass is 10.0. The van der Waals surface area contributed by atoms with Gasteiger partial charge in [0.2, 0.25) is 0 Å². The molecular formula is C22H12F7N3. The van der Waals surface area contributed by atoms with Crippen LogP contribution in [0.1, 0.15) is 11.1 Å². The fourth-order valence-corrected chi connectivity index (χ4v) is 3.15. The summed E-state index contributed by atoms with van der Waals surface area (Å²) in [5.74, 6) is -0.713. The van der Waals surface area contributed by atoms with Gasteiger partial charge in [0.15, 0.2) is 0 Å². The molecule has 0 saturated heterocycles. The molecule has 1 N–H and O–H groups in total. The predicted molar refractivity (Wildman–Crippen MR) is 103 cm³/mol. The molecular weight excluding hydrogens is 439 g/mol. The van der Waals surface area contributed by atoms with Gasteiger partial charge < -0.3 is 4.98 Å². The van der Waals surface area contributed by atoms with Crippen LogP contribution in [0.15, 0.2) is 67.0 Å². The van der Waals surface area contributed by atoms with Gasteiger partial charge in [-0.2, -0.15) is 26.3 Å². The molecule has 0 radical (unpaired) electrons. The third-order valence-electron chi connectivity index (χ3n) is 4.65. The van der Waals surface area contributed by atoms with Gasteiger partial charge in [-0.05, 0) is 54.6 Å². The van der Waals surface area contributed by atoms with Crippen LogP contribution in [0.5, 0.6) is 0 Å². The number of rotatable bonds is 3. The summed E-state index contributed by atoms with van der Waals surface area (Å²) in [4.78, 5) is 11.0. The normalized spacial score (nSPS) is 12.2. The molecule has 2 heterocycles. The fourth-order valence-electron chi connectivity index (χ4n) is 3.15. The molecule has 0 unspecified atom stereocenters. The number of halogens is 7. The van der Waals surface area contributed by atoms with Gasteiger partial charge in [-0.25, -0.2) is 9.37 Å². The first-order valence-electron chi connectivity index (χ1n) is 9.08. The summed E-state index contributed by atoms with van der Waals surface area (Å²) in [5, 5.41) is 0. The van der Waals surface area contributed by atoms with Crippen molar-refractivity contribution in [3.8, 4) is 33.9 Å². The molecule has 4 rings (SSSR count). The van der Waals surface area contributed by atoms with E-state index in [0.29, 0.717) is 29.0 Å². The molecule has 0 aliphatic carbocycles. The quantitative estimate of drug-likeness (QED) is 0.342. The first kappa shape index (κ1) is 21.5. The first-order valence-corrected chi connectivity index (χ1v) is 9.08. The highest BCUT2D eigenvalue weighted by molar-refractivity contribution is 5.81. The van der Waals surface area contributed by atoms with Crippen LogP contribution in [-0.4, -0.2) is 15.0 Å². The van der Waals surface area contributed by atoms with Crippen molar-refractivity contribution in [3.05, 3.63) is 83.9 Å². The highest BCUT2D eigenvalue weighted by Gasteiger charge is 2.37. The van der Waals surface area contributed by atoms with E-state index in [9.17, 15) is 30.7 Å². The average Bonchev–Trinajstić information content (AvgIpc) is 3.19. The SMILES string of the molecule is Fc1ccc(-c2nc(-c3cc(C(F)(F)F)cc(C(F)(F)F)c3)[nH]c2-c2ccncc2)cc1. The number of alkyl halides is 6. The van der Waals surface area contributed by atoms with Crippen LogP contribution in [-0.2, 0) is 12.4 Å². The molecule has 10 heteroatoms. The van der Waals surface area contributed by atoms with E-state index in [1.165, 1.54) is 36.7 Å².